The lowest BCUT2D eigenvalue weighted by atomic mass is 9.92. The number of likely N-dealkylation sites (tertiary alicyclic amines) is 1. The number of ether oxygens (including phenoxy) is 1. The normalized spacial score (nSPS) is 16.2. The molecule has 3 N–H and O–H groups in total. The van der Waals surface area contributed by atoms with Gasteiger partial charge in [0.05, 0.1) is 11.1 Å². The topological polar surface area (TPSA) is 142 Å². The molecule has 2 aromatic heterocycles. The molecule has 0 saturated carbocycles. The first-order valence-corrected chi connectivity index (χ1v) is 15.2. The molecule has 0 aliphatic carbocycles. The maximum Gasteiger partial charge on any atom is 0.410 e. The van der Waals surface area contributed by atoms with E-state index >= 15 is 0 Å². The summed E-state index contributed by atoms with van der Waals surface area (Å²) in [5.41, 5.74) is -0.489. The van der Waals surface area contributed by atoms with Gasteiger partial charge in [0, 0.05) is 33.9 Å². The maximum absolute atomic E-state index is 12.5. The SMILES string of the molecule is CC(C)(C)OC(=O)N1CCC(CCc2cc3sc(C(=O)NC[C@H](NS(C)(=O)=O)C(=O)O)cc3s2)CC1. The average Bonchev–Trinajstić information content (AvgIpc) is 3.32. The number of nitrogens with one attached hydrogen (secondary N) is 2. The van der Waals surface area contributed by atoms with Crippen LogP contribution in [-0.2, 0) is 26.0 Å². The van der Waals surface area contributed by atoms with E-state index in [2.05, 4.69) is 11.4 Å². The molecule has 3 rings (SSSR count). The lowest BCUT2D eigenvalue weighted by molar-refractivity contribution is -0.138. The summed E-state index contributed by atoms with van der Waals surface area (Å²) in [6.45, 7) is 6.67. The molecule has 0 unspecified atom stereocenters. The van der Waals surface area contributed by atoms with Crippen molar-refractivity contribution >= 4 is 60.1 Å². The number of thiophene rings is 2. The first-order chi connectivity index (χ1) is 16.7. The largest absolute Gasteiger partial charge is 0.480 e. The molecular formula is C23H33N3O7S3. The number of carboxylic acids is 1. The lowest BCUT2D eigenvalue weighted by Crippen LogP contribution is -2.47. The molecule has 13 heteroatoms. The van der Waals surface area contributed by atoms with Gasteiger partial charge < -0.3 is 20.1 Å². The van der Waals surface area contributed by atoms with Crippen molar-refractivity contribution in [3.8, 4) is 0 Å². The number of sulfonamides is 1. The Balaban J connectivity index is 1.48. The summed E-state index contributed by atoms with van der Waals surface area (Å²) in [4.78, 5) is 39.4. The number of fused-ring (bicyclic) bond motifs is 1. The number of nitrogens with zero attached hydrogens (tertiary/aromatic N) is 1. The number of aliphatic carboxylic acids is 1. The predicted octanol–water partition coefficient (Wildman–Crippen LogP) is 3.27. The molecule has 0 bridgehead atoms. The highest BCUT2D eigenvalue weighted by atomic mass is 32.2. The van der Waals surface area contributed by atoms with Crippen molar-refractivity contribution < 1.29 is 32.6 Å². The Morgan fingerprint density at radius 1 is 1.17 bits per heavy atom. The van der Waals surface area contributed by atoms with Gasteiger partial charge in [-0.2, -0.15) is 4.72 Å². The highest BCUT2D eigenvalue weighted by Crippen LogP contribution is 2.35. The third-order valence-electron chi connectivity index (χ3n) is 5.67. The summed E-state index contributed by atoms with van der Waals surface area (Å²) in [5.74, 6) is -1.26. The molecule has 10 nitrogen and oxygen atoms in total. The van der Waals surface area contributed by atoms with Gasteiger partial charge in [-0.3, -0.25) is 9.59 Å². The van der Waals surface area contributed by atoms with E-state index in [1.807, 2.05) is 25.5 Å². The van der Waals surface area contributed by atoms with E-state index in [-0.39, 0.29) is 12.6 Å². The van der Waals surface area contributed by atoms with Crippen molar-refractivity contribution in [2.24, 2.45) is 5.92 Å². The number of hydrogen-bond donors (Lipinski definition) is 3. The second-order valence-corrected chi connectivity index (χ2v) is 14.0. The monoisotopic (exact) mass is 559 g/mol. The van der Waals surface area contributed by atoms with Crippen LogP contribution in [0, 0.1) is 5.92 Å². The van der Waals surface area contributed by atoms with Gasteiger partial charge in [-0.05, 0) is 64.5 Å². The first kappa shape index (κ1) is 28.4. The fourth-order valence-electron chi connectivity index (χ4n) is 3.92. The summed E-state index contributed by atoms with van der Waals surface area (Å²) < 4.78 is 32.0. The quantitative estimate of drug-likeness (QED) is 0.428. The number of carbonyl (C=O) groups excluding carboxylic acids is 2. The molecule has 1 saturated heterocycles. The fraction of sp³-hybridized carbons (Fsp3) is 0.609. The minimum absolute atomic E-state index is 0.246. The number of carbonyl (C=O) groups is 3. The minimum Gasteiger partial charge on any atom is -0.480 e. The van der Waals surface area contributed by atoms with Gasteiger partial charge in [0.2, 0.25) is 10.0 Å². The van der Waals surface area contributed by atoms with Gasteiger partial charge in [-0.25, -0.2) is 13.2 Å². The van der Waals surface area contributed by atoms with Crippen LogP contribution in [0.2, 0.25) is 0 Å². The highest BCUT2D eigenvalue weighted by Gasteiger charge is 2.27. The van der Waals surface area contributed by atoms with Crippen molar-refractivity contribution in [1.82, 2.24) is 14.9 Å². The van der Waals surface area contributed by atoms with Gasteiger partial charge in [0.1, 0.15) is 11.6 Å². The van der Waals surface area contributed by atoms with Crippen LogP contribution in [0.5, 0.6) is 0 Å². The van der Waals surface area contributed by atoms with Gasteiger partial charge in [-0.15, -0.1) is 22.7 Å². The summed E-state index contributed by atoms with van der Waals surface area (Å²) in [6, 6.07) is 2.43. The molecule has 36 heavy (non-hydrogen) atoms. The summed E-state index contributed by atoms with van der Waals surface area (Å²) in [7, 11) is -3.73. The van der Waals surface area contributed by atoms with Crippen molar-refractivity contribution in [2.45, 2.75) is 58.1 Å². The molecule has 2 aromatic rings. The zero-order valence-corrected chi connectivity index (χ0v) is 23.3. The Morgan fingerprint density at radius 2 is 1.81 bits per heavy atom. The Hall–Kier alpha value is -2.22. The Morgan fingerprint density at radius 3 is 2.36 bits per heavy atom. The summed E-state index contributed by atoms with van der Waals surface area (Å²) >= 11 is 2.96. The molecule has 1 atom stereocenters. The summed E-state index contributed by atoms with van der Waals surface area (Å²) in [5, 5.41) is 11.6. The van der Waals surface area contributed by atoms with Crippen LogP contribution in [0.1, 0.15) is 54.6 Å². The number of rotatable bonds is 9. The fourth-order valence-corrected chi connectivity index (χ4v) is 6.97. The van der Waals surface area contributed by atoms with E-state index in [1.54, 1.807) is 22.3 Å². The van der Waals surface area contributed by atoms with Gasteiger partial charge in [0.15, 0.2) is 0 Å². The number of aryl methyl sites for hydroxylation is 1. The number of amides is 2. The average molecular weight is 560 g/mol. The van der Waals surface area contributed by atoms with E-state index in [0.29, 0.717) is 23.9 Å². The zero-order valence-electron chi connectivity index (χ0n) is 20.8. The smallest absolute Gasteiger partial charge is 0.410 e. The number of carboxylic acid groups (broad SMARTS) is 1. The van der Waals surface area contributed by atoms with E-state index in [1.165, 1.54) is 16.2 Å². The van der Waals surface area contributed by atoms with Crippen LogP contribution in [0.4, 0.5) is 4.79 Å². The van der Waals surface area contributed by atoms with Crippen molar-refractivity contribution in [2.75, 3.05) is 25.9 Å². The number of hydrogen-bond acceptors (Lipinski definition) is 8. The molecule has 0 aromatic carbocycles. The second kappa shape index (κ2) is 11.4. The molecule has 0 radical (unpaired) electrons. The third kappa shape index (κ3) is 8.43. The standard InChI is InChI=1S/C23H33N3O7S3/c1-23(2,3)33-22(30)26-9-7-14(8-10-26)5-6-15-11-17-18(34-15)12-19(35-17)20(27)24-13-16(21(28)29)25-36(4,31)32/h11-12,14,16,25H,5-10,13H2,1-4H3,(H,24,27)(H,28,29)/t16-/m0/s1. The first-order valence-electron chi connectivity index (χ1n) is 11.7. The molecule has 1 aliphatic rings. The molecule has 3 heterocycles. The molecule has 1 fully saturated rings. The van der Waals surface area contributed by atoms with E-state index in [4.69, 9.17) is 9.84 Å². The predicted molar refractivity (Wildman–Crippen MR) is 140 cm³/mol. The maximum atomic E-state index is 12.5. The summed E-state index contributed by atoms with van der Waals surface area (Å²) in [6.07, 6.45) is 4.49. The Kier molecular flexibility index (Phi) is 9.02. The van der Waals surface area contributed by atoms with Crippen LogP contribution in [0.3, 0.4) is 0 Å². The van der Waals surface area contributed by atoms with Gasteiger partial charge in [0.25, 0.3) is 5.91 Å². The van der Waals surface area contributed by atoms with E-state index < -0.39 is 33.5 Å². The van der Waals surface area contributed by atoms with Gasteiger partial charge in [-0.1, -0.05) is 0 Å². The van der Waals surface area contributed by atoms with Crippen LogP contribution >= 0.6 is 22.7 Å². The molecule has 0 spiro atoms. The van der Waals surface area contributed by atoms with Crippen LogP contribution < -0.4 is 10.0 Å². The minimum atomic E-state index is -3.73. The molecule has 200 valence electrons. The lowest BCUT2D eigenvalue weighted by Gasteiger charge is -2.33. The number of piperidine rings is 1. The van der Waals surface area contributed by atoms with Crippen molar-refractivity contribution in [1.29, 1.82) is 0 Å². The zero-order chi connectivity index (χ0) is 26.7. The third-order valence-corrected chi connectivity index (χ3v) is 8.73. The van der Waals surface area contributed by atoms with Gasteiger partial charge >= 0.3 is 12.1 Å². The Labute approximate surface area is 219 Å². The van der Waals surface area contributed by atoms with E-state index in [9.17, 15) is 22.8 Å². The van der Waals surface area contributed by atoms with Crippen molar-refractivity contribution in [3.05, 3.63) is 21.9 Å². The van der Waals surface area contributed by atoms with Crippen LogP contribution in [0.25, 0.3) is 9.40 Å². The molecule has 1 aliphatic heterocycles. The molecular weight excluding hydrogens is 526 g/mol. The second-order valence-electron chi connectivity index (χ2n) is 9.99. The van der Waals surface area contributed by atoms with Crippen LogP contribution in [-0.4, -0.2) is 73.9 Å². The molecule has 2 amide bonds. The van der Waals surface area contributed by atoms with Crippen molar-refractivity contribution in [3.63, 3.8) is 0 Å². The highest BCUT2D eigenvalue weighted by molar-refractivity contribution is 7.88. The van der Waals surface area contributed by atoms with Crippen LogP contribution in [0.15, 0.2) is 12.1 Å². The Bertz CT molecular complexity index is 1170. The van der Waals surface area contributed by atoms with E-state index in [0.717, 1.165) is 41.3 Å².